The quantitative estimate of drug-likeness (QED) is 0.200. The van der Waals surface area contributed by atoms with E-state index in [2.05, 4.69) is 0 Å². The van der Waals surface area contributed by atoms with Crippen LogP contribution in [-0.2, 0) is 33.4 Å². The van der Waals surface area contributed by atoms with Gasteiger partial charge in [-0.25, -0.2) is 9.59 Å². The molecule has 0 saturated heterocycles. The highest BCUT2D eigenvalue weighted by molar-refractivity contribution is 5.80. The summed E-state index contributed by atoms with van der Waals surface area (Å²) >= 11 is 0. The first-order chi connectivity index (χ1) is 13.0. The molecule has 0 aliphatic heterocycles. The second kappa shape index (κ2) is 12.6. The molecule has 160 valence electrons. The van der Waals surface area contributed by atoms with Crippen LogP contribution in [0.5, 0.6) is 0 Å². The third kappa shape index (κ3) is 10.4. The molecule has 13 nitrogen and oxygen atoms in total. The summed E-state index contributed by atoms with van der Waals surface area (Å²) in [5.74, 6) is -6.95. The molecule has 0 saturated carbocycles. The predicted molar refractivity (Wildman–Crippen MR) is 87.9 cm³/mol. The molecule has 0 aliphatic rings. The highest BCUT2D eigenvalue weighted by Gasteiger charge is 2.26. The first kappa shape index (κ1) is 25.2. The lowest BCUT2D eigenvalue weighted by Gasteiger charge is -2.27. The van der Waals surface area contributed by atoms with Crippen molar-refractivity contribution in [2.45, 2.75) is 38.0 Å². The molecule has 5 N–H and O–H groups in total. The van der Waals surface area contributed by atoms with Gasteiger partial charge in [-0.05, 0) is 6.92 Å². The molecule has 0 amide bonds. The van der Waals surface area contributed by atoms with Crippen LogP contribution in [0.2, 0.25) is 0 Å². The van der Waals surface area contributed by atoms with E-state index < -0.39 is 60.9 Å². The molecule has 0 radical (unpaired) electrons. The molecule has 13 heteroatoms. The van der Waals surface area contributed by atoms with Crippen LogP contribution in [0, 0.1) is 0 Å². The van der Waals surface area contributed by atoms with Gasteiger partial charge in [-0.2, -0.15) is 0 Å². The Hall–Kier alpha value is -2.77. The molecule has 0 bridgehead atoms. The number of carboxylic acid groups (broad SMARTS) is 5. The average Bonchev–Trinajstić information content (AvgIpc) is 2.56. The van der Waals surface area contributed by atoms with Crippen LogP contribution in [0.3, 0.4) is 0 Å². The molecular formula is C15H23NO12. The van der Waals surface area contributed by atoms with E-state index in [-0.39, 0.29) is 26.3 Å². The van der Waals surface area contributed by atoms with Gasteiger partial charge in [0.05, 0.1) is 26.1 Å². The second-order valence-electron chi connectivity index (χ2n) is 5.64. The third-order valence-electron chi connectivity index (χ3n) is 3.57. The summed E-state index contributed by atoms with van der Waals surface area (Å²) in [5.41, 5.74) is 0. The predicted octanol–water partition coefficient (Wildman–Crippen LogP) is -1.35. The van der Waals surface area contributed by atoms with Gasteiger partial charge in [-0.1, -0.05) is 0 Å². The minimum atomic E-state index is -1.61. The van der Waals surface area contributed by atoms with E-state index in [1.54, 1.807) is 0 Å². The van der Waals surface area contributed by atoms with Gasteiger partial charge in [-0.15, -0.1) is 0 Å². The number of aliphatic carboxylic acids is 5. The highest BCUT2D eigenvalue weighted by Crippen LogP contribution is 2.05. The Morgan fingerprint density at radius 1 is 0.714 bits per heavy atom. The van der Waals surface area contributed by atoms with Crippen LogP contribution in [0.1, 0.15) is 19.8 Å². The number of carboxylic acids is 5. The van der Waals surface area contributed by atoms with Crippen LogP contribution in [-0.4, -0.2) is 105 Å². The Morgan fingerprint density at radius 2 is 1.07 bits per heavy atom. The van der Waals surface area contributed by atoms with Gasteiger partial charge in [0.2, 0.25) is 0 Å². The largest absolute Gasteiger partial charge is 0.481 e. The van der Waals surface area contributed by atoms with Crippen LogP contribution >= 0.6 is 0 Å². The minimum absolute atomic E-state index is 0.114. The zero-order valence-electron chi connectivity index (χ0n) is 15.0. The number of ether oxygens (including phenoxy) is 2. The van der Waals surface area contributed by atoms with Gasteiger partial charge in [0.1, 0.15) is 6.04 Å². The molecule has 3 atom stereocenters. The fourth-order valence-electron chi connectivity index (χ4n) is 2.03. The van der Waals surface area contributed by atoms with Crippen molar-refractivity contribution in [3.05, 3.63) is 0 Å². The summed E-state index contributed by atoms with van der Waals surface area (Å²) in [7, 11) is 0. The summed E-state index contributed by atoms with van der Waals surface area (Å²) in [4.78, 5) is 55.5. The lowest BCUT2D eigenvalue weighted by molar-refractivity contribution is -0.158. The standard InChI is InChI=1S/C15H23NO12/c1-8(13(21)22)16(2-4-27-9(14(23)24)6-11(17)18)3-5-28-10(15(25)26)7-12(19)20/h8-10H,2-7H2,1H3,(H,17,18)(H,19,20)(H,21,22)(H,23,24)(H,25,26). The van der Waals surface area contributed by atoms with Crippen molar-refractivity contribution in [2.75, 3.05) is 26.3 Å². The fourth-order valence-corrected chi connectivity index (χ4v) is 2.03. The maximum absolute atomic E-state index is 11.2. The Kier molecular flexibility index (Phi) is 11.3. The number of nitrogens with zero attached hydrogens (tertiary/aromatic N) is 1. The van der Waals surface area contributed by atoms with E-state index >= 15 is 0 Å². The van der Waals surface area contributed by atoms with Gasteiger partial charge in [-0.3, -0.25) is 19.3 Å². The van der Waals surface area contributed by atoms with Crippen molar-refractivity contribution in [1.82, 2.24) is 4.90 Å². The number of hydrogen-bond acceptors (Lipinski definition) is 8. The molecule has 0 fully saturated rings. The van der Waals surface area contributed by atoms with E-state index in [4.69, 9.17) is 35.0 Å². The Bertz CT molecular complexity index is 537. The first-order valence-corrected chi connectivity index (χ1v) is 8.05. The summed E-state index contributed by atoms with van der Waals surface area (Å²) in [6.07, 6.45) is -4.77. The molecule has 0 spiro atoms. The Labute approximate surface area is 159 Å². The lowest BCUT2D eigenvalue weighted by atomic mass is 10.2. The van der Waals surface area contributed by atoms with Gasteiger partial charge in [0, 0.05) is 13.1 Å². The average molecular weight is 409 g/mol. The number of hydrogen-bond donors (Lipinski definition) is 5. The molecule has 28 heavy (non-hydrogen) atoms. The van der Waals surface area contributed by atoms with Gasteiger partial charge < -0.3 is 35.0 Å². The molecule has 0 aromatic rings. The second-order valence-corrected chi connectivity index (χ2v) is 5.64. The SMILES string of the molecule is CC(C(=O)O)N(CCOC(CC(=O)O)C(=O)O)CCOC(CC(=O)O)C(=O)O. The maximum Gasteiger partial charge on any atom is 0.333 e. The van der Waals surface area contributed by atoms with E-state index in [9.17, 15) is 24.0 Å². The Balaban J connectivity index is 4.76. The van der Waals surface area contributed by atoms with Crippen molar-refractivity contribution < 1.29 is 59.0 Å². The summed E-state index contributed by atoms with van der Waals surface area (Å²) in [6, 6.07) is -1.07. The van der Waals surface area contributed by atoms with Crippen molar-refractivity contribution in [1.29, 1.82) is 0 Å². The third-order valence-corrected chi connectivity index (χ3v) is 3.57. The van der Waals surface area contributed by atoms with E-state index in [0.717, 1.165) is 0 Å². The molecule has 0 aromatic carbocycles. The van der Waals surface area contributed by atoms with Crippen molar-refractivity contribution >= 4 is 29.8 Å². The molecule has 0 aliphatic carbocycles. The summed E-state index contributed by atoms with van der Waals surface area (Å²) in [5, 5.41) is 44.2. The van der Waals surface area contributed by atoms with Gasteiger partial charge in [0.15, 0.2) is 12.2 Å². The van der Waals surface area contributed by atoms with Crippen LogP contribution in [0.15, 0.2) is 0 Å². The molecule has 0 aromatic heterocycles. The maximum atomic E-state index is 11.2. The van der Waals surface area contributed by atoms with Gasteiger partial charge >= 0.3 is 29.8 Å². The van der Waals surface area contributed by atoms with Crippen LogP contribution in [0.4, 0.5) is 0 Å². The minimum Gasteiger partial charge on any atom is -0.481 e. The van der Waals surface area contributed by atoms with E-state index in [1.165, 1.54) is 11.8 Å². The molecular weight excluding hydrogens is 386 g/mol. The van der Waals surface area contributed by atoms with Crippen LogP contribution in [0.25, 0.3) is 0 Å². The highest BCUT2D eigenvalue weighted by atomic mass is 16.5. The fraction of sp³-hybridized carbons (Fsp3) is 0.667. The number of rotatable bonds is 16. The zero-order valence-corrected chi connectivity index (χ0v) is 15.0. The topological polar surface area (TPSA) is 208 Å². The number of carbonyl (C=O) groups is 5. The van der Waals surface area contributed by atoms with Crippen molar-refractivity contribution in [3.8, 4) is 0 Å². The van der Waals surface area contributed by atoms with Crippen molar-refractivity contribution in [2.24, 2.45) is 0 Å². The normalized spacial score (nSPS) is 14.2. The molecule has 0 rings (SSSR count). The smallest absolute Gasteiger partial charge is 0.333 e. The molecule has 3 unspecified atom stereocenters. The van der Waals surface area contributed by atoms with E-state index in [0.29, 0.717) is 0 Å². The van der Waals surface area contributed by atoms with Crippen LogP contribution < -0.4 is 0 Å². The Morgan fingerprint density at radius 3 is 1.32 bits per heavy atom. The lowest BCUT2D eigenvalue weighted by Crippen LogP contribution is -2.44. The monoisotopic (exact) mass is 409 g/mol. The first-order valence-electron chi connectivity index (χ1n) is 8.05. The summed E-state index contributed by atoms with van der Waals surface area (Å²) < 4.78 is 9.93. The van der Waals surface area contributed by atoms with Crippen molar-refractivity contribution in [3.63, 3.8) is 0 Å². The van der Waals surface area contributed by atoms with Gasteiger partial charge in [0.25, 0.3) is 0 Å². The zero-order chi connectivity index (χ0) is 21.9. The van der Waals surface area contributed by atoms with E-state index in [1.807, 2.05) is 0 Å². The summed E-state index contributed by atoms with van der Waals surface area (Å²) in [6.45, 7) is 0.479. The molecule has 0 heterocycles.